The molecular formula is C18H19IN4O3. The number of nitrogens with one attached hydrogen (secondary N) is 3. The number of hydrazine groups is 1. The van der Waals surface area contributed by atoms with Crippen LogP contribution < -0.4 is 21.1 Å². The molecule has 0 unspecified atom stereocenters. The van der Waals surface area contributed by atoms with Gasteiger partial charge in [0.05, 0.1) is 12.1 Å². The molecule has 136 valence electrons. The van der Waals surface area contributed by atoms with Gasteiger partial charge in [0.1, 0.15) is 0 Å². The predicted octanol–water partition coefficient (Wildman–Crippen LogP) is 1.55. The van der Waals surface area contributed by atoms with Gasteiger partial charge in [0.25, 0.3) is 17.7 Å². The molecule has 0 heterocycles. The second-order valence-electron chi connectivity index (χ2n) is 5.61. The number of rotatable bonds is 5. The SMILES string of the molecule is CN(C)c1cccc(C(=O)NNC(=O)CNC(=O)c2ccccc2I)c1. The van der Waals surface area contributed by atoms with Gasteiger partial charge in [-0.25, -0.2) is 0 Å². The van der Waals surface area contributed by atoms with Crippen molar-refractivity contribution in [3.63, 3.8) is 0 Å². The molecule has 0 bridgehead atoms. The molecule has 0 aliphatic rings. The van der Waals surface area contributed by atoms with Crippen LogP contribution in [0.1, 0.15) is 20.7 Å². The number of anilines is 1. The summed E-state index contributed by atoms with van der Waals surface area (Å²) in [5.41, 5.74) is 6.39. The zero-order chi connectivity index (χ0) is 19.1. The molecule has 0 spiro atoms. The smallest absolute Gasteiger partial charge is 0.269 e. The van der Waals surface area contributed by atoms with Crippen molar-refractivity contribution in [3.05, 3.63) is 63.2 Å². The first-order valence-corrected chi connectivity index (χ1v) is 8.85. The van der Waals surface area contributed by atoms with Crippen molar-refractivity contribution in [2.24, 2.45) is 0 Å². The van der Waals surface area contributed by atoms with Crippen LogP contribution in [0.4, 0.5) is 5.69 Å². The van der Waals surface area contributed by atoms with Gasteiger partial charge in [0.15, 0.2) is 0 Å². The van der Waals surface area contributed by atoms with E-state index in [2.05, 4.69) is 16.2 Å². The summed E-state index contributed by atoms with van der Waals surface area (Å²) < 4.78 is 0.789. The van der Waals surface area contributed by atoms with E-state index in [1.54, 1.807) is 36.4 Å². The number of hydrogen-bond acceptors (Lipinski definition) is 4. The lowest BCUT2D eigenvalue weighted by molar-refractivity contribution is -0.120. The summed E-state index contributed by atoms with van der Waals surface area (Å²) in [6.07, 6.45) is 0. The average molecular weight is 466 g/mol. The van der Waals surface area contributed by atoms with Crippen LogP contribution in [0.15, 0.2) is 48.5 Å². The van der Waals surface area contributed by atoms with Crippen LogP contribution in [0.5, 0.6) is 0 Å². The Balaban J connectivity index is 1.83. The van der Waals surface area contributed by atoms with Gasteiger partial charge in [-0.3, -0.25) is 25.2 Å². The van der Waals surface area contributed by atoms with Crippen LogP contribution in [0.3, 0.4) is 0 Å². The summed E-state index contributed by atoms with van der Waals surface area (Å²) in [6.45, 7) is -0.248. The van der Waals surface area contributed by atoms with Gasteiger partial charge >= 0.3 is 0 Å². The van der Waals surface area contributed by atoms with Crippen LogP contribution in [-0.2, 0) is 4.79 Å². The van der Waals surface area contributed by atoms with Crippen molar-refractivity contribution in [3.8, 4) is 0 Å². The van der Waals surface area contributed by atoms with Gasteiger partial charge in [-0.1, -0.05) is 18.2 Å². The lowest BCUT2D eigenvalue weighted by Gasteiger charge is -2.14. The zero-order valence-corrected chi connectivity index (χ0v) is 16.5. The first-order chi connectivity index (χ1) is 12.4. The minimum atomic E-state index is -0.526. The normalized spacial score (nSPS) is 9.96. The van der Waals surface area contributed by atoms with E-state index in [0.29, 0.717) is 11.1 Å². The Morgan fingerprint density at radius 1 is 0.962 bits per heavy atom. The Bertz CT molecular complexity index is 824. The Morgan fingerprint density at radius 2 is 1.69 bits per heavy atom. The molecule has 0 fully saturated rings. The number of carbonyl (C=O) groups excluding carboxylic acids is 3. The van der Waals surface area contributed by atoms with Crippen LogP contribution >= 0.6 is 22.6 Å². The first kappa shape index (κ1) is 19.7. The van der Waals surface area contributed by atoms with Crippen LogP contribution in [0, 0.1) is 3.57 Å². The van der Waals surface area contributed by atoms with Crippen molar-refractivity contribution in [2.45, 2.75) is 0 Å². The van der Waals surface area contributed by atoms with Gasteiger partial charge in [0, 0.05) is 28.9 Å². The third-order valence-electron chi connectivity index (χ3n) is 3.47. The fraction of sp³-hybridized carbons (Fsp3) is 0.167. The highest BCUT2D eigenvalue weighted by Crippen LogP contribution is 2.13. The monoisotopic (exact) mass is 466 g/mol. The van der Waals surface area contributed by atoms with E-state index < -0.39 is 11.8 Å². The lowest BCUT2D eigenvalue weighted by atomic mass is 10.2. The summed E-state index contributed by atoms with van der Waals surface area (Å²) in [7, 11) is 3.74. The highest BCUT2D eigenvalue weighted by atomic mass is 127. The maximum absolute atomic E-state index is 12.1. The summed E-state index contributed by atoms with van der Waals surface area (Å²) in [5.74, 6) is -1.32. The highest BCUT2D eigenvalue weighted by Gasteiger charge is 2.12. The summed E-state index contributed by atoms with van der Waals surface area (Å²) in [5, 5.41) is 2.51. The van der Waals surface area contributed by atoms with E-state index in [9.17, 15) is 14.4 Å². The molecule has 0 aliphatic carbocycles. The summed E-state index contributed by atoms with van der Waals surface area (Å²) >= 11 is 2.05. The molecule has 2 rings (SSSR count). The van der Waals surface area contributed by atoms with Crippen molar-refractivity contribution >= 4 is 46.0 Å². The molecule has 3 amide bonds. The van der Waals surface area contributed by atoms with Gasteiger partial charge < -0.3 is 10.2 Å². The lowest BCUT2D eigenvalue weighted by Crippen LogP contribution is -2.46. The van der Waals surface area contributed by atoms with E-state index in [0.717, 1.165) is 9.26 Å². The molecule has 3 N–H and O–H groups in total. The summed E-state index contributed by atoms with van der Waals surface area (Å²) in [6, 6.07) is 14.0. The Hall–Kier alpha value is -2.62. The second kappa shape index (κ2) is 9.18. The number of halogens is 1. The Kier molecular flexibility index (Phi) is 6.96. The fourth-order valence-electron chi connectivity index (χ4n) is 2.07. The molecular weight excluding hydrogens is 447 g/mol. The molecule has 0 aliphatic heterocycles. The number of carbonyl (C=O) groups is 3. The molecule has 2 aromatic carbocycles. The zero-order valence-electron chi connectivity index (χ0n) is 14.4. The van der Waals surface area contributed by atoms with Crippen molar-refractivity contribution in [1.82, 2.24) is 16.2 Å². The predicted molar refractivity (Wildman–Crippen MR) is 108 cm³/mol. The first-order valence-electron chi connectivity index (χ1n) is 7.78. The van der Waals surface area contributed by atoms with Gasteiger partial charge in [-0.2, -0.15) is 0 Å². The van der Waals surface area contributed by atoms with Gasteiger partial charge in [0.2, 0.25) is 0 Å². The molecule has 26 heavy (non-hydrogen) atoms. The molecule has 0 aromatic heterocycles. The van der Waals surface area contributed by atoms with Crippen molar-refractivity contribution in [1.29, 1.82) is 0 Å². The van der Waals surface area contributed by atoms with E-state index in [4.69, 9.17) is 0 Å². The minimum absolute atomic E-state index is 0.248. The number of nitrogens with zero attached hydrogens (tertiary/aromatic N) is 1. The molecule has 8 heteroatoms. The van der Waals surface area contributed by atoms with Crippen LogP contribution in [-0.4, -0.2) is 38.4 Å². The fourth-order valence-corrected chi connectivity index (χ4v) is 2.70. The third-order valence-corrected chi connectivity index (χ3v) is 4.41. The maximum atomic E-state index is 12.1. The summed E-state index contributed by atoms with van der Waals surface area (Å²) in [4.78, 5) is 37.8. The molecule has 2 aromatic rings. The van der Waals surface area contributed by atoms with Crippen LogP contribution in [0.25, 0.3) is 0 Å². The average Bonchev–Trinajstić information content (AvgIpc) is 2.64. The van der Waals surface area contributed by atoms with E-state index in [-0.39, 0.29) is 12.5 Å². The molecule has 7 nitrogen and oxygen atoms in total. The van der Waals surface area contributed by atoms with Gasteiger partial charge in [-0.05, 0) is 52.9 Å². The number of benzene rings is 2. The van der Waals surface area contributed by atoms with Crippen molar-refractivity contribution < 1.29 is 14.4 Å². The number of amides is 3. The van der Waals surface area contributed by atoms with E-state index >= 15 is 0 Å². The Labute approximate surface area is 165 Å². The second-order valence-corrected chi connectivity index (χ2v) is 6.77. The third kappa shape index (κ3) is 5.45. The van der Waals surface area contributed by atoms with Gasteiger partial charge in [-0.15, -0.1) is 0 Å². The maximum Gasteiger partial charge on any atom is 0.269 e. The van der Waals surface area contributed by atoms with E-state index in [1.807, 2.05) is 53.7 Å². The number of hydrogen-bond donors (Lipinski definition) is 3. The largest absolute Gasteiger partial charge is 0.378 e. The molecule has 0 saturated carbocycles. The quantitative estimate of drug-likeness (QED) is 0.461. The van der Waals surface area contributed by atoms with Crippen LogP contribution in [0.2, 0.25) is 0 Å². The Morgan fingerprint density at radius 3 is 2.38 bits per heavy atom. The highest BCUT2D eigenvalue weighted by molar-refractivity contribution is 14.1. The molecule has 0 atom stereocenters. The minimum Gasteiger partial charge on any atom is -0.378 e. The standard InChI is InChI=1S/C18H19IN4O3/c1-23(2)13-7-5-6-12(10-13)17(25)22-21-16(24)11-20-18(26)14-8-3-4-9-15(14)19/h3-10H,11H2,1-2H3,(H,20,26)(H,21,24)(H,22,25). The van der Waals surface area contributed by atoms with Crippen molar-refractivity contribution in [2.75, 3.05) is 25.5 Å². The molecule has 0 radical (unpaired) electrons. The molecule has 0 saturated heterocycles. The topological polar surface area (TPSA) is 90.5 Å². The van der Waals surface area contributed by atoms with E-state index in [1.165, 1.54) is 0 Å².